The number of anilines is 2. The van der Waals surface area contributed by atoms with Crippen LogP contribution < -0.4 is 10.6 Å². The van der Waals surface area contributed by atoms with Crippen LogP contribution in [0.2, 0.25) is 0 Å². The zero-order valence-corrected chi connectivity index (χ0v) is 12.9. The molecule has 3 nitrogen and oxygen atoms in total. The average Bonchev–Trinajstić information content (AvgIpc) is 2.47. The SMILES string of the molecule is CCc1cccc(NC(=N)Nc2cccc(C(C)C)c2)c1. The molecule has 0 saturated heterocycles. The van der Waals surface area contributed by atoms with Crippen molar-refractivity contribution in [3.8, 4) is 0 Å². The number of hydrogen-bond acceptors (Lipinski definition) is 1. The molecule has 110 valence electrons. The van der Waals surface area contributed by atoms with E-state index < -0.39 is 0 Å². The summed E-state index contributed by atoms with van der Waals surface area (Å²) in [7, 11) is 0. The molecule has 0 radical (unpaired) electrons. The maximum Gasteiger partial charge on any atom is 0.197 e. The second-order valence-corrected chi connectivity index (χ2v) is 5.46. The fourth-order valence-electron chi connectivity index (χ4n) is 2.16. The van der Waals surface area contributed by atoms with E-state index in [9.17, 15) is 0 Å². The van der Waals surface area contributed by atoms with Gasteiger partial charge in [0, 0.05) is 11.4 Å². The third-order valence-corrected chi connectivity index (χ3v) is 3.43. The van der Waals surface area contributed by atoms with Crippen LogP contribution in [0.3, 0.4) is 0 Å². The highest BCUT2D eigenvalue weighted by atomic mass is 15.1. The Bertz CT molecular complexity index is 617. The standard InChI is InChI=1S/C18H23N3/c1-4-14-7-5-9-16(11-14)20-18(19)21-17-10-6-8-15(12-17)13(2)3/h5-13H,4H2,1-3H3,(H3,19,20,21). The van der Waals surface area contributed by atoms with Gasteiger partial charge in [-0.3, -0.25) is 5.41 Å². The summed E-state index contributed by atoms with van der Waals surface area (Å²) >= 11 is 0. The number of guanidine groups is 1. The van der Waals surface area contributed by atoms with Crippen LogP contribution in [0.4, 0.5) is 11.4 Å². The number of nitrogens with one attached hydrogen (secondary N) is 3. The van der Waals surface area contributed by atoms with E-state index in [2.05, 4.69) is 55.7 Å². The molecule has 0 heterocycles. The molecular formula is C18H23N3. The van der Waals surface area contributed by atoms with Crippen LogP contribution in [0.15, 0.2) is 48.5 Å². The first-order valence-electron chi connectivity index (χ1n) is 7.40. The smallest absolute Gasteiger partial charge is 0.197 e. The lowest BCUT2D eigenvalue weighted by atomic mass is 10.0. The summed E-state index contributed by atoms with van der Waals surface area (Å²) in [6.07, 6.45) is 0.993. The Morgan fingerprint density at radius 1 is 1.00 bits per heavy atom. The first-order valence-corrected chi connectivity index (χ1v) is 7.40. The van der Waals surface area contributed by atoms with Crippen LogP contribution in [0, 0.1) is 5.41 Å². The fraction of sp³-hybridized carbons (Fsp3) is 0.278. The van der Waals surface area contributed by atoms with Crippen LogP contribution in [-0.4, -0.2) is 5.96 Å². The van der Waals surface area contributed by atoms with Crippen molar-refractivity contribution in [3.05, 3.63) is 59.7 Å². The van der Waals surface area contributed by atoms with Crippen molar-refractivity contribution in [3.63, 3.8) is 0 Å². The molecular weight excluding hydrogens is 258 g/mol. The van der Waals surface area contributed by atoms with E-state index in [1.807, 2.05) is 24.3 Å². The normalized spacial score (nSPS) is 10.5. The first-order chi connectivity index (χ1) is 10.1. The van der Waals surface area contributed by atoms with Crippen molar-refractivity contribution in [2.75, 3.05) is 10.6 Å². The van der Waals surface area contributed by atoms with Gasteiger partial charge in [0.05, 0.1) is 0 Å². The van der Waals surface area contributed by atoms with Crippen LogP contribution in [0.1, 0.15) is 37.8 Å². The van der Waals surface area contributed by atoms with Gasteiger partial charge in [0.2, 0.25) is 0 Å². The Kier molecular flexibility index (Phi) is 4.99. The summed E-state index contributed by atoms with van der Waals surface area (Å²) in [5.41, 5.74) is 4.40. The third-order valence-electron chi connectivity index (χ3n) is 3.43. The van der Waals surface area contributed by atoms with E-state index in [1.165, 1.54) is 11.1 Å². The molecule has 2 aromatic rings. The van der Waals surface area contributed by atoms with Gasteiger partial charge < -0.3 is 10.6 Å². The lowest BCUT2D eigenvalue weighted by Crippen LogP contribution is -2.20. The maximum atomic E-state index is 8.05. The Labute approximate surface area is 126 Å². The topological polar surface area (TPSA) is 47.9 Å². The van der Waals surface area contributed by atoms with E-state index in [4.69, 9.17) is 5.41 Å². The Morgan fingerprint density at radius 2 is 1.62 bits per heavy atom. The number of aryl methyl sites for hydroxylation is 1. The molecule has 0 saturated carbocycles. The van der Waals surface area contributed by atoms with Crippen molar-refractivity contribution in [2.24, 2.45) is 0 Å². The second kappa shape index (κ2) is 6.93. The van der Waals surface area contributed by atoms with Gasteiger partial charge in [0.1, 0.15) is 0 Å². The van der Waals surface area contributed by atoms with Crippen LogP contribution >= 0.6 is 0 Å². The lowest BCUT2D eigenvalue weighted by Gasteiger charge is -2.13. The lowest BCUT2D eigenvalue weighted by molar-refractivity contribution is 0.867. The Morgan fingerprint density at radius 3 is 2.24 bits per heavy atom. The predicted molar refractivity (Wildman–Crippen MR) is 91.3 cm³/mol. The van der Waals surface area contributed by atoms with Crippen molar-refractivity contribution >= 4 is 17.3 Å². The minimum atomic E-state index is 0.282. The van der Waals surface area contributed by atoms with Crippen LogP contribution in [-0.2, 0) is 6.42 Å². The van der Waals surface area contributed by atoms with Crippen molar-refractivity contribution in [1.29, 1.82) is 5.41 Å². The monoisotopic (exact) mass is 281 g/mol. The minimum Gasteiger partial charge on any atom is -0.326 e. The summed E-state index contributed by atoms with van der Waals surface area (Å²) in [6, 6.07) is 16.3. The molecule has 2 aromatic carbocycles. The van der Waals surface area contributed by atoms with Gasteiger partial charge in [0.15, 0.2) is 5.96 Å². The quantitative estimate of drug-likeness (QED) is 0.555. The van der Waals surface area contributed by atoms with Crippen LogP contribution in [0.25, 0.3) is 0 Å². The van der Waals surface area contributed by atoms with Crippen molar-refractivity contribution < 1.29 is 0 Å². The molecule has 21 heavy (non-hydrogen) atoms. The van der Waals surface area contributed by atoms with Gasteiger partial charge in [-0.1, -0.05) is 45.0 Å². The molecule has 3 N–H and O–H groups in total. The van der Waals surface area contributed by atoms with Gasteiger partial charge in [-0.2, -0.15) is 0 Å². The summed E-state index contributed by atoms with van der Waals surface area (Å²) in [4.78, 5) is 0. The Hall–Kier alpha value is -2.29. The average molecular weight is 281 g/mol. The molecule has 2 rings (SSSR count). The van der Waals surface area contributed by atoms with Crippen LogP contribution in [0.5, 0.6) is 0 Å². The molecule has 0 atom stereocenters. The van der Waals surface area contributed by atoms with Crippen molar-refractivity contribution in [2.45, 2.75) is 33.1 Å². The van der Waals surface area contributed by atoms with Gasteiger partial charge in [0.25, 0.3) is 0 Å². The summed E-state index contributed by atoms with van der Waals surface area (Å²) in [5, 5.41) is 14.2. The minimum absolute atomic E-state index is 0.282. The third kappa shape index (κ3) is 4.35. The molecule has 0 aliphatic carbocycles. The highest BCUT2D eigenvalue weighted by Gasteiger charge is 2.03. The van der Waals surface area contributed by atoms with Crippen molar-refractivity contribution in [1.82, 2.24) is 0 Å². The van der Waals surface area contributed by atoms with E-state index >= 15 is 0 Å². The maximum absolute atomic E-state index is 8.05. The molecule has 0 aromatic heterocycles. The van der Waals surface area contributed by atoms with Gasteiger partial charge in [-0.15, -0.1) is 0 Å². The first kappa shape index (κ1) is 15.1. The van der Waals surface area contributed by atoms with Gasteiger partial charge in [-0.25, -0.2) is 0 Å². The van der Waals surface area contributed by atoms with E-state index in [-0.39, 0.29) is 5.96 Å². The zero-order chi connectivity index (χ0) is 15.2. The molecule has 0 unspecified atom stereocenters. The Balaban J connectivity index is 2.02. The molecule has 0 bridgehead atoms. The van der Waals surface area contributed by atoms with E-state index in [0.29, 0.717) is 5.92 Å². The predicted octanol–water partition coefficient (Wildman–Crippen LogP) is 4.83. The van der Waals surface area contributed by atoms with Gasteiger partial charge >= 0.3 is 0 Å². The number of hydrogen-bond donors (Lipinski definition) is 3. The molecule has 0 spiro atoms. The molecule has 0 amide bonds. The zero-order valence-electron chi connectivity index (χ0n) is 12.9. The number of benzene rings is 2. The summed E-state index contributed by atoms with van der Waals surface area (Å²) in [6.45, 7) is 6.46. The number of rotatable bonds is 4. The molecule has 0 aliphatic heterocycles. The van der Waals surface area contributed by atoms with Gasteiger partial charge in [-0.05, 0) is 47.7 Å². The summed E-state index contributed by atoms with van der Waals surface area (Å²) < 4.78 is 0. The second-order valence-electron chi connectivity index (χ2n) is 5.46. The summed E-state index contributed by atoms with van der Waals surface area (Å²) in [5.74, 6) is 0.763. The molecule has 0 fully saturated rings. The van der Waals surface area contributed by atoms with E-state index in [0.717, 1.165) is 17.8 Å². The van der Waals surface area contributed by atoms with E-state index in [1.54, 1.807) is 0 Å². The highest BCUT2D eigenvalue weighted by molar-refractivity contribution is 6.01. The molecule has 0 aliphatic rings. The molecule has 3 heteroatoms. The fourth-order valence-corrected chi connectivity index (χ4v) is 2.16. The largest absolute Gasteiger partial charge is 0.326 e. The highest BCUT2D eigenvalue weighted by Crippen LogP contribution is 2.18.